The summed E-state index contributed by atoms with van der Waals surface area (Å²) in [6.07, 6.45) is 2.75. The number of aromatic amines is 1. The van der Waals surface area contributed by atoms with E-state index in [1.807, 2.05) is 30.3 Å². The molecule has 1 saturated heterocycles. The molecule has 1 N–H and O–H groups in total. The number of nitrogens with one attached hydrogen (secondary N) is 1. The first-order valence-electron chi connectivity index (χ1n) is 8.15. The summed E-state index contributed by atoms with van der Waals surface area (Å²) in [5.74, 6) is 1.70. The van der Waals surface area contributed by atoms with Gasteiger partial charge in [-0.15, -0.1) is 0 Å². The number of hydrogen-bond acceptors (Lipinski definition) is 5. The van der Waals surface area contributed by atoms with Crippen LogP contribution in [0.25, 0.3) is 11.0 Å². The molecule has 1 fully saturated rings. The molecule has 0 atom stereocenters. The molecule has 0 bridgehead atoms. The summed E-state index contributed by atoms with van der Waals surface area (Å²) < 4.78 is 0. The third-order valence-electron chi connectivity index (χ3n) is 4.38. The molecule has 0 spiro atoms. The molecule has 6 heteroatoms. The van der Waals surface area contributed by atoms with Gasteiger partial charge in [-0.25, -0.2) is 9.97 Å². The molecular weight excluding hydrogens is 300 g/mol. The Bertz CT molecular complexity index is 861. The first-order valence-corrected chi connectivity index (χ1v) is 8.15. The Labute approximate surface area is 140 Å². The zero-order chi connectivity index (χ0) is 16.4. The highest BCUT2D eigenvalue weighted by Gasteiger charge is 2.20. The number of nitrogens with zero attached hydrogens (tertiary/aromatic N) is 5. The number of anilines is 2. The van der Waals surface area contributed by atoms with Crippen molar-refractivity contribution in [3.63, 3.8) is 0 Å². The molecule has 1 aromatic carbocycles. The molecule has 0 radical (unpaired) electrons. The van der Waals surface area contributed by atoms with E-state index in [1.165, 1.54) is 0 Å². The van der Waals surface area contributed by atoms with Crippen LogP contribution in [0.1, 0.15) is 12.0 Å². The van der Waals surface area contributed by atoms with Crippen LogP contribution in [0.4, 0.5) is 11.8 Å². The maximum Gasteiger partial charge on any atom is 0.203 e. The molecule has 120 valence electrons. The van der Waals surface area contributed by atoms with Crippen molar-refractivity contribution in [1.82, 2.24) is 15.0 Å². The van der Waals surface area contributed by atoms with Gasteiger partial charge in [-0.05, 0) is 30.7 Å². The van der Waals surface area contributed by atoms with Crippen LogP contribution in [0.5, 0.6) is 0 Å². The maximum atomic E-state index is 9.29. The molecule has 0 aliphatic carbocycles. The van der Waals surface area contributed by atoms with Gasteiger partial charge in [0.25, 0.3) is 0 Å². The van der Waals surface area contributed by atoms with Gasteiger partial charge in [-0.3, -0.25) is 0 Å². The summed E-state index contributed by atoms with van der Waals surface area (Å²) in [5, 5.41) is 9.29. The van der Waals surface area contributed by atoms with E-state index in [4.69, 9.17) is 4.98 Å². The van der Waals surface area contributed by atoms with Crippen molar-refractivity contribution in [3.05, 3.63) is 48.2 Å². The largest absolute Gasteiger partial charge is 0.354 e. The minimum Gasteiger partial charge on any atom is -0.354 e. The van der Waals surface area contributed by atoms with Crippen LogP contribution in [0, 0.1) is 11.3 Å². The van der Waals surface area contributed by atoms with Gasteiger partial charge in [-0.2, -0.15) is 5.26 Å². The Morgan fingerprint density at radius 2 is 1.83 bits per heavy atom. The van der Waals surface area contributed by atoms with Crippen LogP contribution >= 0.6 is 0 Å². The van der Waals surface area contributed by atoms with Crippen molar-refractivity contribution in [2.45, 2.75) is 6.42 Å². The van der Waals surface area contributed by atoms with E-state index in [9.17, 15) is 5.26 Å². The lowest BCUT2D eigenvalue weighted by Crippen LogP contribution is -2.32. The number of para-hydroxylation sites is 2. The Morgan fingerprint density at radius 3 is 2.71 bits per heavy atom. The number of aromatic nitrogens is 3. The molecule has 0 amide bonds. The zero-order valence-corrected chi connectivity index (χ0v) is 13.3. The highest BCUT2D eigenvalue weighted by molar-refractivity contribution is 5.77. The average Bonchev–Trinajstić information content (AvgIpc) is 2.91. The molecule has 3 aromatic rings. The third-order valence-corrected chi connectivity index (χ3v) is 4.38. The topological polar surface area (TPSA) is 71.8 Å². The number of imidazole rings is 1. The van der Waals surface area contributed by atoms with Crippen molar-refractivity contribution >= 4 is 22.8 Å². The fourth-order valence-electron chi connectivity index (χ4n) is 3.17. The Hall–Kier alpha value is -3.07. The maximum absolute atomic E-state index is 9.29. The summed E-state index contributed by atoms with van der Waals surface area (Å²) in [5.41, 5.74) is 2.69. The minimum atomic E-state index is 0.634. The quantitative estimate of drug-likeness (QED) is 0.786. The smallest absolute Gasteiger partial charge is 0.203 e. The van der Waals surface area contributed by atoms with Crippen LogP contribution in [0.2, 0.25) is 0 Å². The van der Waals surface area contributed by atoms with E-state index >= 15 is 0 Å². The summed E-state index contributed by atoms with van der Waals surface area (Å²) >= 11 is 0. The van der Waals surface area contributed by atoms with Crippen LogP contribution in [0.3, 0.4) is 0 Å². The molecular formula is C18H18N6. The lowest BCUT2D eigenvalue weighted by molar-refractivity contribution is 0.789. The lowest BCUT2D eigenvalue weighted by Gasteiger charge is -2.23. The number of fused-ring (bicyclic) bond motifs is 1. The fraction of sp³-hybridized carbons (Fsp3) is 0.278. The summed E-state index contributed by atoms with van der Waals surface area (Å²) in [6, 6.07) is 13.9. The highest BCUT2D eigenvalue weighted by atomic mass is 15.3. The van der Waals surface area contributed by atoms with Crippen molar-refractivity contribution in [2.75, 3.05) is 36.0 Å². The Kier molecular flexibility index (Phi) is 3.75. The number of rotatable bonds is 2. The van der Waals surface area contributed by atoms with Gasteiger partial charge in [0.15, 0.2) is 0 Å². The van der Waals surface area contributed by atoms with Gasteiger partial charge in [0.05, 0.1) is 16.6 Å². The molecule has 0 unspecified atom stereocenters. The van der Waals surface area contributed by atoms with E-state index in [-0.39, 0.29) is 0 Å². The second kappa shape index (κ2) is 6.20. The number of nitriles is 1. The number of benzene rings is 1. The van der Waals surface area contributed by atoms with Crippen molar-refractivity contribution in [1.29, 1.82) is 5.26 Å². The van der Waals surface area contributed by atoms with E-state index in [1.54, 1.807) is 12.3 Å². The van der Waals surface area contributed by atoms with Gasteiger partial charge < -0.3 is 14.8 Å². The second-order valence-corrected chi connectivity index (χ2v) is 5.89. The van der Waals surface area contributed by atoms with E-state index in [0.29, 0.717) is 5.56 Å². The standard InChI is InChI=1S/C18H18N6/c19-13-14-5-3-8-20-17(14)23-9-4-10-24(12-11-23)18-21-15-6-1-2-7-16(15)22-18/h1-3,5-8H,4,9-12H2,(H,21,22). The monoisotopic (exact) mass is 318 g/mol. The molecule has 0 saturated carbocycles. The zero-order valence-electron chi connectivity index (χ0n) is 13.3. The summed E-state index contributed by atoms with van der Waals surface area (Å²) in [6.45, 7) is 3.50. The summed E-state index contributed by atoms with van der Waals surface area (Å²) in [7, 11) is 0. The highest BCUT2D eigenvalue weighted by Crippen LogP contribution is 2.21. The van der Waals surface area contributed by atoms with E-state index in [0.717, 1.165) is 55.4 Å². The van der Waals surface area contributed by atoms with Crippen LogP contribution in [-0.2, 0) is 0 Å². The number of H-pyrrole nitrogens is 1. The van der Waals surface area contributed by atoms with Crippen molar-refractivity contribution in [2.24, 2.45) is 0 Å². The summed E-state index contributed by atoms with van der Waals surface area (Å²) in [4.78, 5) is 17.0. The Balaban J connectivity index is 1.55. The predicted octanol–water partition coefficient (Wildman–Crippen LogP) is 2.55. The van der Waals surface area contributed by atoms with Gasteiger partial charge in [0, 0.05) is 32.4 Å². The molecule has 6 nitrogen and oxygen atoms in total. The minimum absolute atomic E-state index is 0.634. The van der Waals surface area contributed by atoms with E-state index in [2.05, 4.69) is 25.8 Å². The molecule has 1 aliphatic rings. The molecule has 2 aromatic heterocycles. The molecule has 4 rings (SSSR count). The fourth-order valence-corrected chi connectivity index (χ4v) is 3.17. The van der Waals surface area contributed by atoms with Gasteiger partial charge >= 0.3 is 0 Å². The first kappa shape index (κ1) is 14.5. The van der Waals surface area contributed by atoms with Gasteiger partial charge in [-0.1, -0.05) is 12.1 Å². The van der Waals surface area contributed by atoms with Gasteiger partial charge in [0.1, 0.15) is 11.9 Å². The SMILES string of the molecule is N#Cc1cccnc1N1CCCN(c2nc3ccccc3[nH]2)CC1. The van der Waals surface area contributed by atoms with E-state index < -0.39 is 0 Å². The number of hydrogen-bond donors (Lipinski definition) is 1. The normalized spacial score (nSPS) is 15.3. The van der Waals surface area contributed by atoms with Crippen LogP contribution in [-0.4, -0.2) is 41.1 Å². The van der Waals surface area contributed by atoms with Crippen molar-refractivity contribution < 1.29 is 0 Å². The molecule has 24 heavy (non-hydrogen) atoms. The Morgan fingerprint density at radius 1 is 1.00 bits per heavy atom. The average molecular weight is 318 g/mol. The van der Waals surface area contributed by atoms with Crippen LogP contribution in [0.15, 0.2) is 42.6 Å². The number of pyridine rings is 1. The van der Waals surface area contributed by atoms with Gasteiger partial charge in [0.2, 0.25) is 5.95 Å². The van der Waals surface area contributed by atoms with Crippen molar-refractivity contribution in [3.8, 4) is 6.07 Å². The first-order chi connectivity index (χ1) is 11.8. The second-order valence-electron chi connectivity index (χ2n) is 5.89. The lowest BCUT2D eigenvalue weighted by atomic mass is 10.2. The molecule has 1 aliphatic heterocycles. The third kappa shape index (κ3) is 2.65. The predicted molar refractivity (Wildman–Crippen MR) is 94.1 cm³/mol. The molecule has 3 heterocycles. The van der Waals surface area contributed by atoms with Crippen LogP contribution < -0.4 is 9.80 Å².